The lowest BCUT2D eigenvalue weighted by atomic mass is 9.85. The lowest BCUT2D eigenvalue weighted by Crippen LogP contribution is -2.43. The van der Waals surface area contributed by atoms with Gasteiger partial charge in [0.25, 0.3) is 11.8 Å². The van der Waals surface area contributed by atoms with Gasteiger partial charge in [0.05, 0.1) is 35.7 Å². The van der Waals surface area contributed by atoms with Gasteiger partial charge in [0.1, 0.15) is 0 Å². The zero-order valence-corrected chi connectivity index (χ0v) is 32.8. The fourth-order valence-electron chi connectivity index (χ4n) is 6.94. The van der Waals surface area contributed by atoms with E-state index in [0.717, 1.165) is 44.4 Å². The summed E-state index contributed by atoms with van der Waals surface area (Å²) in [6.07, 6.45) is 5.56. The van der Waals surface area contributed by atoms with Crippen LogP contribution in [0.1, 0.15) is 56.5 Å². The van der Waals surface area contributed by atoms with Crippen LogP contribution in [0.3, 0.4) is 0 Å². The first-order valence-corrected chi connectivity index (χ1v) is 18.5. The first-order chi connectivity index (χ1) is 26.3. The number of nitrogens with one attached hydrogen (secondary N) is 3. The number of rotatable bonds is 9. The van der Waals surface area contributed by atoms with Crippen LogP contribution in [0, 0.1) is 11.8 Å². The number of carbonyl (C=O) groups is 5. The molecule has 4 rings (SSSR count). The van der Waals surface area contributed by atoms with E-state index in [1.54, 1.807) is 38.1 Å². The minimum absolute atomic E-state index is 0.0370. The minimum Gasteiger partial charge on any atom is -0.390 e. The van der Waals surface area contributed by atoms with Gasteiger partial charge in [-0.3, -0.25) is 28.9 Å². The zero-order chi connectivity index (χ0) is 40.2. The fraction of sp³-hybridized carbons (Fsp3) is 0.488. The number of aliphatic hydroxyl groups is 1. The van der Waals surface area contributed by atoms with Gasteiger partial charge < -0.3 is 35.0 Å². The van der Waals surface area contributed by atoms with Crippen molar-refractivity contribution >= 4 is 29.9 Å². The Bertz CT molecular complexity index is 1720. The monoisotopic (exact) mass is 761 g/mol. The topological polar surface area (TPSA) is 176 Å². The second-order valence-electron chi connectivity index (χ2n) is 14.6. The maximum Gasteiger partial charge on any atom is 0.312 e. The van der Waals surface area contributed by atoms with Crippen LogP contribution in [0.25, 0.3) is 0 Å². The number of ether oxygens (including phenoxy) is 2. The molecule has 298 valence electrons. The second-order valence-corrected chi connectivity index (χ2v) is 14.6. The summed E-state index contributed by atoms with van der Waals surface area (Å²) in [7, 11) is 5.06. The van der Waals surface area contributed by atoms with E-state index in [1.165, 1.54) is 20.3 Å². The van der Waals surface area contributed by atoms with Gasteiger partial charge >= 0.3 is 6.47 Å². The molecule has 0 aromatic heterocycles. The van der Waals surface area contributed by atoms with E-state index >= 15 is 0 Å². The number of hydrogen-bond acceptors (Lipinski definition) is 12. The predicted octanol–water partition coefficient (Wildman–Crippen LogP) is 2.52. The van der Waals surface area contributed by atoms with Gasteiger partial charge in [-0.05, 0) is 57.4 Å². The minimum atomic E-state index is -0.995. The summed E-state index contributed by atoms with van der Waals surface area (Å²) in [4.78, 5) is 75.2. The van der Waals surface area contributed by atoms with Crippen LogP contribution in [0.5, 0.6) is 0 Å². The number of carbonyl (C=O) groups excluding carboxylic acids is 5. The molecular weight excluding hydrogens is 706 g/mol. The Morgan fingerprint density at radius 3 is 2.36 bits per heavy atom. The molecule has 1 unspecified atom stereocenters. The number of fused-ring (bicyclic) bond motifs is 2. The number of nitrogens with zero attached hydrogens (tertiary/aromatic N) is 2. The third kappa shape index (κ3) is 11.7. The van der Waals surface area contributed by atoms with Gasteiger partial charge in [-0.15, -0.1) is 5.48 Å². The number of Topliss-reactive ketones (excluding diaryl/α,β-unsaturated/α-hetero) is 1. The highest BCUT2D eigenvalue weighted by Gasteiger charge is 2.34. The number of piperazine rings is 1. The van der Waals surface area contributed by atoms with E-state index in [1.807, 2.05) is 32.1 Å². The number of hydrogen-bond donors (Lipinski definition) is 4. The Morgan fingerprint density at radius 2 is 1.73 bits per heavy atom. The summed E-state index contributed by atoms with van der Waals surface area (Å²) in [6, 6.07) is 6.52. The highest BCUT2D eigenvalue weighted by molar-refractivity contribution is 6.24. The number of benzene rings is 1. The van der Waals surface area contributed by atoms with Gasteiger partial charge in [-0.25, -0.2) is 0 Å². The van der Waals surface area contributed by atoms with Crippen molar-refractivity contribution in [3.8, 4) is 0 Å². The number of hydroxylamine groups is 1. The van der Waals surface area contributed by atoms with Crippen LogP contribution < -0.4 is 16.1 Å². The maximum absolute atomic E-state index is 14.1. The molecule has 1 aromatic carbocycles. The Kier molecular flexibility index (Phi) is 16.0. The van der Waals surface area contributed by atoms with Crippen molar-refractivity contribution in [1.82, 2.24) is 25.9 Å². The molecule has 6 atom stereocenters. The van der Waals surface area contributed by atoms with Gasteiger partial charge in [-0.2, -0.15) is 0 Å². The number of ketones is 2. The van der Waals surface area contributed by atoms with Crippen molar-refractivity contribution in [2.75, 3.05) is 47.4 Å². The Labute approximate surface area is 323 Å². The summed E-state index contributed by atoms with van der Waals surface area (Å²) >= 11 is 0. The number of aliphatic hydroxyl groups excluding tert-OH is 1. The molecule has 0 radical (unpaired) electrons. The molecule has 3 aliphatic rings. The summed E-state index contributed by atoms with van der Waals surface area (Å²) in [5.41, 5.74) is 4.63. The van der Waals surface area contributed by atoms with Crippen molar-refractivity contribution in [3.63, 3.8) is 0 Å². The molecule has 55 heavy (non-hydrogen) atoms. The molecule has 4 N–H and O–H groups in total. The van der Waals surface area contributed by atoms with Crippen LogP contribution in [-0.4, -0.2) is 117 Å². The van der Waals surface area contributed by atoms with Crippen LogP contribution in [0.4, 0.5) is 0 Å². The normalized spacial score (nSPS) is 29.3. The molecule has 1 aliphatic carbocycles. The number of allylic oxidation sites excluding steroid dienone is 4. The van der Waals surface area contributed by atoms with E-state index in [4.69, 9.17) is 14.3 Å². The summed E-state index contributed by atoms with van der Waals surface area (Å²) in [5.74, 6) is -3.19. The smallest absolute Gasteiger partial charge is 0.312 e. The van der Waals surface area contributed by atoms with Crippen molar-refractivity contribution in [2.24, 2.45) is 11.8 Å². The average molecular weight is 762 g/mol. The first kappa shape index (κ1) is 43.2. The molecule has 2 aliphatic heterocycles. The zero-order valence-electron chi connectivity index (χ0n) is 32.8. The Balaban J connectivity index is 1.65. The van der Waals surface area contributed by atoms with Gasteiger partial charge in [-0.1, -0.05) is 55.9 Å². The molecular formula is C41H55N5O9. The third-order valence-corrected chi connectivity index (χ3v) is 10.3. The standard InChI is InChI=1S/C41H55N5O9/c1-25-19-31-37(43-41(52)30-13-11-29(12-14-30)23-46-17-15-45(5)16-18-46)33(48)22-32(39(31)50)42-40(51)26(2)9-8-10-34(53-6)36(44-55-24-47)27(3)21-28(4)38(49)35(20-25)54-7/h8-14,21-22,24-25,28,34-36,38,44,49H,15-20,23H2,1-7H3,(H,42,51)(H,43,52)/b10-8-,26-9+,27-21+/t25-,28+,34+,35?,36+,38-/m1/s1. The molecule has 0 saturated carbocycles. The Hall–Kier alpha value is -4.57. The van der Waals surface area contributed by atoms with Crippen LogP contribution in [0.15, 0.2) is 82.8 Å². The molecule has 2 bridgehead atoms. The van der Waals surface area contributed by atoms with E-state index in [-0.39, 0.29) is 47.8 Å². The van der Waals surface area contributed by atoms with Gasteiger partial charge in [0.2, 0.25) is 11.6 Å². The molecule has 14 nitrogen and oxygen atoms in total. The molecule has 2 amide bonds. The highest BCUT2D eigenvalue weighted by Crippen LogP contribution is 2.29. The number of methoxy groups -OCH3 is 2. The molecule has 2 heterocycles. The van der Waals surface area contributed by atoms with Crippen LogP contribution in [0.2, 0.25) is 0 Å². The van der Waals surface area contributed by atoms with E-state index in [2.05, 4.69) is 33.0 Å². The van der Waals surface area contributed by atoms with Crippen molar-refractivity contribution in [2.45, 2.75) is 71.4 Å². The number of amides is 2. The van der Waals surface area contributed by atoms with E-state index < -0.39 is 53.7 Å². The van der Waals surface area contributed by atoms with Crippen molar-refractivity contribution < 1.29 is 43.4 Å². The van der Waals surface area contributed by atoms with Crippen molar-refractivity contribution in [1.29, 1.82) is 0 Å². The van der Waals surface area contributed by atoms with Crippen LogP contribution >= 0.6 is 0 Å². The van der Waals surface area contributed by atoms with E-state index in [9.17, 15) is 29.1 Å². The summed E-state index contributed by atoms with van der Waals surface area (Å²) in [6.45, 7) is 11.9. The lowest BCUT2D eigenvalue weighted by molar-refractivity contribution is -0.138. The molecule has 1 saturated heterocycles. The largest absolute Gasteiger partial charge is 0.390 e. The maximum atomic E-state index is 14.1. The van der Waals surface area contributed by atoms with Crippen LogP contribution in [-0.2, 0) is 40.0 Å². The molecule has 1 fully saturated rings. The summed E-state index contributed by atoms with van der Waals surface area (Å²) < 4.78 is 11.4. The predicted molar refractivity (Wildman–Crippen MR) is 206 cm³/mol. The second kappa shape index (κ2) is 20.4. The Morgan fingerprint density at radius 1 is 1.04 bits per heavy atom. The van der Waals surface area contributed by atoms with Gasteiger partial charge in [0.15, 0.2) is 0 Å². The average Bonchev–Trinajstić information content (AvgIpc) is 3.16. The van der Waals surface area contributed by atoms with Crippen molar-refractivity contribution in [3.05, 3.63) is 93.9 Å². The number of likely N-dealkylation sites (N-methyl/N-ethyl adjacent to an activating group) is 1. The van der Waals surface area contributed by atoms with E-state index in [0.29, 0.717) is 11.1 Å². The van der Waals surface area contributed by atoms with Gasteiger partial charge in [0, 0.05) is 75.6 Å². The highest BCUT2D eigenvalue weighted by atomic mass is 16.7. The fourth-order valence-corrected chi connectivity index (χ4v) is 6.94. The molecule has 0 spiro atoms. The first-order valence-electron chi connectivity index (χ1n) is 18.5. The molecule has 1 aromatic rings. The third-order valence-electron chi connectivity index (χ3n) is 10.3. The molecule has 14 heteroatoms. The lowest BCUT2D eigenvalue weighted by Gasteiger charge is -2.32. The SMILES string of the molecule is COC1C[C@H](C)CC2=C(NC(=O)c3ccc(CN4CCN(C)CC4)cc3)C(=O)C=C(NC(=O)/C(C)=C/C=C\[C@H](OC)[C@@H](NOC=O)/C(C)=C/[C@H](C)[C@H]1O)C2=O. The summed E-state index contributed by atoms with van der Waals surface area (Å²) in [5, 5.41) is 16.7. The quantitative estimate of drug-likeness (QED) is 0.126.